The Kier molecular flexibility index (Phi) is 4.95. The van der Waals surface area contributed by atoms with Crippen molar-refractivity contribution in [1.82, 2.24) is 5.32 Å². The summed E-state index contributed by atoms with van der Waals surface area (Å²) < 4.78 is 16.2. The Morgan fingerprint density at radius 2 is 1.48 bits per heavy atom. The lowest BCUT2D eigenvalue weighted by Crippen LogP contribution is -2.59. The van der Waals surface area contributed by atoms with E-state index in [1.165, 1.54) is 38.5 Å². The molecule has 0 saturated heterocycles. The van der Waals surface area contributed by atoms with Crippen molar-refractivity contribution in [3.8, 4) is 17.2 Å². The third kappa shape index (κ3) is 3.61. The third-order valence-electron chi connectivity index (χ3n) is 6.81. The molecule has 0 radical (unpaired) electrons. The minimum atomic E-state index is 0.0844. The van der Waals surface area contributed by atoms with E-state index in [0.717, 1.165) is 23.3 Å². The van der Waals surface area contributed by atoms with Crippen LogP contribution in [-0.4, -0.2) is 32.8 Å². The average Bonchev–Trinajstić information content (AvgIpc) is 2.63. The van der Waals surface area contributed by atoms with Crippen molar-refractivity contribution >= 4 is 5.91 Å². The number of amides is 1. The number of aryl methyl sites for hydroxylation is 1. The number of ether oxygens (including phenoxy) is 3. The van der Waals surface area contributed by atoms with Gasteiger partial charge in [0.15, 0.2) is 11.5 Å². The van der Waals surface area contributed by atoms with Crippen LogP contribution in [0.2, 0.25) is 0 Å². The quantitative estimate of drug-likeness (QED) is 0.791. The maximum absolute atomic E-state index is 12.7. The second-order valence-electron chi connectivity index (χ2n) is 8.78. The van der Waals surface area contributed by atoms with E-state index in [-0.39, 0.29) is 11.4 Å². The molecular formula is C22H31NO4. The molecule has 0 atom stereocenters. The van der Waals surface area contributed by atoms with Crippen LogP contribution >= 0.6 is 0 Å². The minimum absolute atomic E-state index is 0.0844. The topological polar surface area (TPSA) is 56.8 Å². The number of hydrogen-bond donors (Lipinski definition) is 1. The highest BCUT2D eigenvalue weighted by Gasteiger charge is 2.51. The van der Waals surface area contributed by atoms with E-state index >= 15 is 0 Å². The zero-order chi connectivity index (χ0) is 19.0. The lowest BCUT2D eigenvalue weighted by Gasteiger charge is -2.56. The Hall–Kier alpha value is -1.91. The number of rotatable bonds is 7. The van der Waals surface area contributed by atoms with Gasteiger partial charge in [-0.05, 0) is 80.4 Å². The van der Waals surface area contributed by atoms with Crippen LogP contribution < -0.4 is 19.5 Å². The van der Waals surface area contributed by atoms with Gasteiger partial charge in [-0.15, -0.1) is 0 Å². The number of carbonyl (C=O) groups is 1. The molecule has 4 aliphatic carbocycles. The lowest BCUT2D eigenvalue weighted by atomic mass is 9.53. The number of nitrogens with one attached hydrogen (secondary N) is 1. The molecule has 4 fully saturated rings. The van der Waals surface area contributed by atoms with Crippen molar-refractivity contribution in [3.05, 3.63) is 17.7 Å². The van der Waals surface area contributed by atoms with Crippen LogP contribution in [0.25, 0.3) is 0 Å². The lowest BCUT2D eigenvalue weighted by molar-refractivity contribution is -0.126. The molecule has 1 amide bonds. The Balaban J connectivity index is 1.40. The van der Waals surface area contributed by atoms with E-state index in [9.17, 15) is 4.79 Å². The summed E-state index contributed by atoms with van der Waals surface area (Å²) in [6, 6.07) is 3.86. The summed E-state index contributed by atoms with van der Waals surface area (Å²) in [5, 5.41) is 3.45. The fourth-order valence-electron chi connectivity index (χ4n) is 6.16. The highest BCUT2D eigenvalue weighted by Crippen LogP contribution is 2.55. The normalized spacial score (nSPS) is 30.9. The molecule has 5 nitrogen and oxygen atoms in total. The van der Waals surface area contributed by atoms with Crippen LogP contribution in [0.5, 0.6) is 17.2 Å². The number of carbonyl (C=O) groups excluding carboxylic acids is 1. The van der Waals surface area contributed by atoms with Crippen molar-refractivity contribution in [2.75, 3.05) is 21.3 Å². The molecule has 0 aromatic heterocycles. The first-order valence-electron chi connectivity index (χ1n) is 10.1. The molecule has 1 aromatic rings. The maximum atomic E-state index is 12.7. The summed E-state index contributed by atoms with van der Waals surface area (Å²) in [6.07, 6.45) is 8.88. The first-order chi connectivity index (χ1) is 13.0. The van der Waals surface area contributed by atoms with Crippen molar-refractivity contribution in [3.63, 3.8) is 0 Å². The largest absolute Gasteiger partial charge is 0.493 e. The first kappa shape index (κ1) is 18.5. The minimum Gasteiger partial charge on any atom is -0.493 e. The Morgan fingerprint density at radius 3 is 1.93 bits per heavy atom. The van der Waals surface area contributed by atoms with Gasteiger partial charge in [0.25, 0.3) is 0 Å². The molecule has 4 saturated carbocycles. The standard InChI is InChI=1S/C22H31NO4/c1-25-18-9-14(10-19(26-2)21(18)27-3)4-5-20(24)23-22-11-15-6-16(12-22)8-17(7-15)13-22/h9-10,15-17H,4-8,11-13H2,1-3H3,(H,23,24). The van der Waals surface area contributed by atoms with Crippen molar-refractivity contribution < 1.29 is 19.0 Å². The van der Waals surface area contributed by atoms with Crippen LogP contribution in [0.4, 0.5) is 0 Å². The molecule has 0 heterocycles. The van der Waals surface area contributed by atoms with Gasteiger partial charge in [-0.2, -0.15) is 0 Å². The molecule has 27 heavy (non-hydrogen) atoms. The predicted molar refractivity (Wildman–Crippen MR) is 103 cm³/mol. The molecule has 0 unspecified atom stereocenters. The molecule has 4 aliphatic rings. The van der Waals surface area contributed by atoms with Crippen LogP contribution in [0.3, 0.4) is 0 Å². The van der Waals surface area contributed by atoms with Crippen LogP contribution in [0.1, 0.15) is 50.5 Å². The summed E-state index contributed by atoms with van der Waals surface area (Å²) in [7, 11) is 4.82. The molecule has 1 aromatic carbocycles. The number of hydrogen-bond acceptors (Lipinski definition) is 4. The number of benzene rings is 1. The average molecular weight is 373 g/mol. The van der Waals surface area contributed by atoms with E-state index < -0.39 is 0 Å². The summed E-state index contributed by atoms with van der Waals surface area (Å²) in [4.78, 5) is 12.7. The molecule has 1 N–H and O–H groups in total. The Labute approximate surface area is 161 Å². The monoisotopic (exact) mass is 373 g/mol. The van der Waals surface area contributed by atoms with Crippen LogP contribution in [-0.2, 0) is 11.2 Å². The Morgan fingerprint density at radius 1 is 0.963 bits per heavy atom. The van der Waals surface area contributed by atoms with Gasteiger partial charge in [-0.25, -0.2) is 0 Å². The highest BCUT2D eigenvalue weighted by molar-refractivity contribution is 5.77. The molecule has 5 rings (SSSR count). The van der Waals surface area contributed by atoms with Gasteiger partial charge < -0.3 is 19.5 Å². The second kappa shape index (κ2) is 7.25. The Bertz CT molecular complexity index is 654. The van der Waals surface area contributed by atoms with Gasteiger partial charge in [-0.3, -0.25) is 4.79 Å². The molecule has 0 spiro atoms. The van der Waals surface area contributed by atoms with Crippen molar-refractivity contribution in [2.24, 2.45) is 17.8 Å². The van der Waals surface area contributed by atoms with Gasteiger partial charge in [0.05, 0.1) is 21.3 Å². The van der Waals surface area contributed by atoms with Gasteiger partial charge in [0.2, 0.25) is 11.7 Å². The highest BCUT2D eigenvalue weighted by atomic mass is 16.5. The predicted octanol–water partition coefficient (Wildman–Crippen LogP) is 3.73. The zero-order valence-corrected chi connectivity index (χ0v) is 16.7. The van der Waals surface area contributed by atoms with Gasteiger partial charge in [0.1, 0.15) is 0 Å². The second-order valence-corrected chi connectivity index (χ2v) is 8.78. The van der Waals surface area contributed by atoms with Gasteiger partial charge in [-0.1, -0.05) is 0 Å². The maximum Gasteiger partial charge on any atom is 0.220 e. The summed E-state index contributed by atoms with van der Waals surface area (Å²) in [5.74, 6) is 4.54. The van der Waals surface area contributed by atoms with Crippen molar-refractivity contribution in [2.45, 2.75) is 56.9 Å². The fraction of sp³-hybridized carbons (Fsp3) is 0.682. The SMILES string of the molecule is COc1cc(CCC(=O)NC23CC4CC(CC(C4)C2)C3)cc(OC)c1OC. The smallest absolute Gasteiger partial charge is 0.220 e. The molecular weight excluding hydrogens is 342 g/mol. The van der Waals surface area contributed by atoms with E-state index in [4.69, 9.17) is 14.2 Å². The summed E-state index contributed by atoms with van der Waals surface area (Å²) in [6.45, 7) is 0. The van der Waals surface area contributed by atoms with E-state index in [1.54, 1.807) is 21.3 Å². The molecule has 4 bridgehead atoms. The fourth-order valence-corrected chi connectivity index (χ4v) is 6.16. The molecule has 148 valence electrons. The molecule has 5 heteroatoms. The summed E-state index contributed by atoms with van der Waals surface area (Å²) in [5.41, 5.74) is 1.10. The summed E-state index contributed by atoms with van der Waals surface area (Å²) >= 11 is 0. The van der Waals surface area contributed by atoms with E-state index in [1.807, 2.05) is 12.1 Å². The first-order valence-corrected chi connectivity index (χ1v) is 10.1. The van der Waals surface area contributed by atoms with Gasteiger partial charge >= 0.3 is 0 Å². The van der Waals surface area contributed by atoms with Gasteiger partial charge in [0, 0.05) is 12.0 Å². The third-order valence-corrected chi connectivity index (χ3v) is 6.81. The number of methoxy groups -OCH3 is 3. The van der Waals surface area contributed by atoms with Crippen LogP contribution in [0, 0.1) is 17.8 Å². The van der Waals surface area contributed by atoms with Crippen LogP contribution in [0.15, 0.2) is 12.1 Å². The molecule has 0 aliphatic heterocycles. The van der Waals surface area contributed by atoms with E-state index in [0.29, 0.717) is 30.1 Å². The van der Waals surface area contributed by atoms with Crippen molar-refractivity contribution in [1.29, 1.82) is 0 Å². The van der Waals surface area contributed by atoms with E-state index in [2.05, 4.69) is 5.32 Å². The zero-order valence-electron chi connectivity index (χ0n) is 16.7.